The van der Waals surface area contributed by atoms with E-state index in [2.05, 4.69) is 4.72 Å². The van der Waals surface area contributed by atoms with Crippen molar-refractivity contribution in [2.24, 2.45) is 17.6 Å². The van der Waals surface area contributed by atoms with Crippen LogP contribution in [0.4, 0.5) is 0 Å². The first kappa shape index (κ1) is 12.3. The summed E-state index contributed by atoms with van der Waals surface area (Å²) in [6, 6.07) is 0. The molecular formula is C11H22N2O2S. The highest BCUT2D eigenvalue weighted by Crippen LogP contribution is 2.47. The number of nitrogens with one attached hydrogen (secondary N) is 1. The van der Waals surface area contributed by atoms with E-state index in [4.69, 9.17) is 5.73 Å². The quantitative estimate of drug-likeness (QED) is 0.775. The molecule has 0 unspecified atom stereocenters. The van der Waals surface area contributed by atoms with Gasteiger partial charge in [-0.15, -0.1) is 0 Å². The molecule has 0 radical (unpaired) electrons. The monoisotopic (exact) mass is 246 g/mol. The Kier molecular flexibility index (Phi) is 3.29. The second kappa shape index (κ2) is 4.27. The highest BCUT2D eigenvalue weighted by molar-refractivity contribution is 7.88. The third kappa shape index (κ3) is 2.13. The van der Waals surface area contributed by atoms with Gasteiger partial charge < -0.3 is 5.73 Å². The summed E-state index contributed by atoms with van der Waals surface area (Å²) < 4.78 is 25.9. The van der Waals surface area contributed by atoms with E-state index in [0.717, 1.165) is 25.7 Å². The second-order valence-electron chi connectivity index (χ2n) is 5.37. The fourth-order valence-electron chi connectivity index (χ4n) is 3.76. The Morgan fingerprint density at radius 2 is 1.62 bits per heavy atom. The molecule has 0 aromatic rings. The van der Waals surface area contributed by atoms with E-state index < -0.39 is 10.0 Å². The van der Waals surface area contributed by atoms with Crippen LogP contribution in [0.3, 0.4) is 0 Å². The van der Waals surface area contributed by atoms with E-state index >= 15 is 0 Å². The summed E-state index contributed by atoms with van der Waals surface area (Å²) in [4.78, 5) is 0. The molecule has 0 amide bonds. The molecule has 0 spiro atoms. The van der Waals surface area contributed by atoms with Crippen molar-refractivity contribution in [1.82, 2.24) is 4.72 Å². The Bertz CT molecular complexity index is 331. The minimum absolute atomic E-state index is 0.343. The van der Waals surface area contributed by atoms with Crippen molar-refractivity contribution in [2.75, 3.05) is 12.8 Å². The number of sulfonamides is 1. The van der Waals surface area contributed by atoms with Gasteiger partial charge in [-0.25, -0.2) is 13.1 Å². The molecule has 0 aromatic heterocycles. The number of rotatable bonds is 3. The lowest BCUT2D eigenvalue weighted by Crippen LogP contribution is -2.65. The first-order valence-corrected chi connectivity index (χ1v) is 8.06. The van der Waals surface area contributed by atoms with Crippen LogP contribution in [-0.4, -0.2) is 26.8 Å². The van der Waals surface area contributed by atoms with Gasteiger partial charge in [0, 0.05) is 6.54 Å². The fraction of sp³-hybridized carbons (Fsp3) is 1.00. The highest BCUT2D eigenvalue weighted by Gasteiger charge is 2.49. The van der Waals surface area contributed by atoms with Crippen LogP contribution in [-0.2, 0) is 10.0 Å². The molecule has 16 heavy (non-hydrogen) atoms. The molecule has 2 fully saturated rings. The number of hydrogen-bond donors (Lipinski definition) is 2. The topological polar surface area (TPSA) is 72.2 Å². The minimum atomic E-state index is -3.17. The first-order chi connectivity index (χ1) is 7.48. The van der Waals surface area contributed by atoms with Crippen molar-refractivity contribution in [1.29, 1.82) is 0 Å². The summed E-state index contributed by atoms with van der Waals surface area (Å²) in [6.07, 6.45) is 8.18. The molecule has 2 aliphatic rings. The Hall–Kier alpha value is -0.130. The van der Waals surface area contributed by atoms with Gasteiger partial charge in [0.05, 0.1) is 11.8 Å². The number of hydrogen-bond acceptors (Lipinski definition) is 3. The summed E-state index contributed by atoms with van der Waals surface area (Å²) in [5, 5.41) is 0. The summed E-state index contributed by atoms with van der Waals surface area (Å²) in [7, 11) is -3.17. The average Bonchev–Trinajstić information content (AvgIpc) is 2.14. The minimum Gasteiger partial charge on any atom is -0.329 e. The molecule has 2 saturated carbocycles. The molecule has 2 bridgehead atoms. The van der Waals surface area contributed by atoms with Crippen molar-refractivity contribution in [3.8, 4) is 0 Å². The van der Waals surface area contributed by atoms with Crippen molar-refractivity contribution in [3.63, 3.8) is 0 Å². The maximum absolute atomic E-state index is 11.5. The van der Waals surface area contributed by atoms with E-state index in [1.165, 1.54) is 19.1 Å². The second-order valence-corrected chi connectivity index (χ2v) is 7.12. The van der Waals surface area contributed by atoms with Gasteiger partial charge in [-0.2, -0.15) is 0 Å². The van der Waals surface area contributed by atoms with Gasteiger partial charge in [-0.05, 0) is 37.5 Å². The van der Waals surface area contributed by atoms with Crippen LogP contribution >= 0.6 is 0 Å². The summed E-state index contributed by atoms with van der Waals surface area (Å²) in [5.74, 6) is 0.888. The third-order valence-corrected chi connectivity index (χ3v) is 5.13. The zero-order valence-corrected chi connectivity index (χ0v) is 10.7. The zero-order valence-electron chi connectivity index (χ0n) is 9.91. The van der Waals surface area contributed by atoms with Crippen molar-refractivity contribution < 1.29 is 8.42 Å². The Morgan fingerprint density at radius 3 is 1.94 bits per heavy atom. The van der Waals surface area contributed by atoms with Crippen molar-refractivity contribution in [3.05, 3.63) is 0 Å². The maximum Gasteiger partial charge on any atom is 0.209 e. The predicted molar refractivity (Wildman–Crippen MR) is 64.4 cm³/mol. The van der Waals surface area contributed by atoms with E-state index in [9.17, 15) is 8.42 Å². The first-order valence-electron chi connectivity index (χ1n) is 6.17. The lowest BCUT2D eigenvalue weighted by molar-refractivity contribution is 0.0517. The van der Waals surface area contributed by atoms with Crippen LogP contribution in [0.15, 0.2) is 0 Å². The Balaban J connectivity index is 2.30. The van der Waals surface area contributed by atoms with Gasteiger partial charge in [-0.3, -0.25) is 0 Å². The van der Waals surface area contributed by atoms with Gasteiger partial charge in [0.1, 0.15) is 0 Å². The van der Waals surface area contributed by atoms with Gasteiger partial charge in [-0.1, -0.05) is 12.8 Å². The largest absolute Gasteiger partial charge is 0.329 e. The molecule has 0 aromatic carbocycles. The van der Waals surface area contributed by atoms with Crippen LogP contribution in [0, 0.1) is 11.8 Å². The van der Waals surface area contributed by atoms with Gasteiger partial charge in [0.25, 0.3) is 0 Å². The van der Waals surface area contributed by atoms with Crippen LogP contribution in [0.2, 0.25) is 0 Å². The van der Waals surface area contributed by atoms with E-state index in [-0.39, 0.29) is 5.54 Å². The van der Waals surface area contributed by atoms with E-state index in [1.807, 2.05) is 0 Å². The lowest BCUT2D eigenvalue weighted by atomic mass is 9.60. The molecule has 5 heteroatoms. The van der Waals surface area contributed by atoms with Crippen LogP contribution in [0.25, 0.3) is 0 Å². The molecule has 2 rings (SSSR count). The molecule has 0 aliphatic heterocycles. The van der Waals surface area contributed by atoms with Gasteiger partial charge >= 0.3 is 0 Å². The van der Waals surface area contributed by atoms with Crippen molar-refractivity contribution >= 4 is 10.0 Å². The molecular weight excluding hydrogens is 224 g/mol. The zero-order chi connectivity index (χ0) is 11.8. The summed E-state index contributed by atoms with van der Waals surface area (Å²) in [6.45, 7) is 0.440. The molecule has 0 atom stereocenters. The highest BCUT2D eigenvalue weighted by atomic mass is 32.2. The standard InChI is InChI=1S/C11H22N2O2S/c1-16(14,15)13-11(8-12)9-4-2-5-10(11)7-3-6-9/h9-10,13H,2-8,12H2,1H3. The predicted octanol–water partition coefficient (Wildman–Crippen LogP) is 0.833. The van der Waals surface area contributed by atoms with Gasteiger partial charge in [0.2, 0.25) is 10.0 Å². The number of fused-ring (bicyclic) bond motifs is 2. The summed E-state index contributed by atoms with van der Waals surface area (Å²) in [5.41, 5.74) is 5.57. The van der Waals surface area contributed by atoms with Crippen LogP contribution in [0.5, 0.6) is 0 Å². The smallest absolute Gasteiger partial charge is 0.209 e. The normalized spacial score (nSPS) is 39.6. The Labute approximate surface area is 98.0 Å². The van der Waals surface area contributed by atoms with Crippen LogP contribution < -0.4 is 10.5 Å². The fourth-order valence-corrected chi connectivity index (χ4v) is 4.87. The Morgan fingerprint density at radius 1 is 1.19 bits per heavy atom. The molecule has 2 aliphatic carbocycles. The molecule has 4 nitrogen and oxygen atoms in total. The van der Waals surface area contributed by atoms with E-state index in [1.54, 1.807) is 0 Å². The third-order valence-electron chi connectivity index (χ3n) is 4.38. The van der Waals surface area contributed by atoms with E-state index in [0.29, 0.717) is 18.4 Å². The number of nitrogens with two attached hydrogens (primary N) is 1. The SMILES string of the molecule is CS(=O)(=O)NC1(CN)C2CCCC1CCC2. The van der Waals surface area contributed by atoms with Crippen LogP contribution in [0.1, 0.15) is 38.5 Å². The lowest BCUT2D eigenvalue weighted by Gasteiger charge is -2.52. The summed E-state index contributed by atoms with van der Waals surface area (Å²) >= 11 is 0. The van der Waals surface area contributed by atoms with Crippen molar-refractivity contribution in [2.45, 2.75) is 44.1 Å². The molecule has 0 heterocycles. The molecule has 0 saturated heterocycles. The maximum atomic E-state index is 11.5. The molecule has 3 N–H and O–H groups in total. The average molecular weight is 246 g/mol. The molecule has 94 valence electrons. The van der Waals surface area contributed by atoms with Gasteiger partial charge in [0.15, 0.2) is 0 Å².